The van der Waals surface area contributed by atoms with Gasteiger partial charge in [0.2, 0.25) is 37.2 Å². The lowest BCUT2D eigenvalue weighted by molar-refractivity contribution is -0.163. The lowest BCUT2D eigenvalue weighted by atomic mass is 9.98. The molecule has 1 heterocycles. The normalized spacial score (nSPS) is 19.4. The van der Waals surface area contributed by atoms with E-state index in [9.17, 15) is 33.3 Å². The molecule has 58 heavy (non-hydrogen) atoms. The molecule has 15 nitrogen and oxygen atoms in total. The van der Waals surface area contributed by atoms with E-state index in [0.717, 1.165) is 25.0 Å². The monoisotopic (exact) mass is 840 g/mol. The van der Waals surface area contributed by atoms with Crippen molar-refractivity contribution in [3.05, 3.63) is 41.5 Å². The zero-order valence-electron chi connectivity index (χ0n) is 34.9. The van der Waals surface area contributed by atoms with Crippen LogP contribution in [0.5, 0.6) is 0 Å². The van der Waals surface area contributed by atoms with E-state index in [0.29, 0.717) is 36.9 Å². The van der Waals surface area contributed by atoms with Crippen LogP contribution in [0.25, 0.3) is 5.57 Å². The van der Waals surface area contributed by atoms with Gasteiger partial charge in [-0.1, -0.05) is 44.0 Å². The maximum atomic E-state index is 16.0. The van der Waals surface area contributed by atoms with Crippen LogP contribution in [-0.2, 0) is 57.5 Å². The van der Waals surface area contributed by atoms with Crippen LogP contribution in [0.15, 0.2) is 30.3 Å². The number of primary amides is 1. The first kappa shape index (κ1) is 48.2. The number of nitrogens with two attached hydrogens (primary N) is 1. The van der Waals surface area contributed by atoms with Crippen LogP contribution < -0.4 is 16.4 Å². The number of amides is 4. The molecule has 0 bridgehead atoms. The summed E-state index contributed by atoms with van der Waals surface area (Å²) in [5.41, 5.74) is -1.26. The molecule has 1 aliphatic carbocycles. The fourth-order valence-electron chi connectivity index (χ4n) is 6.17. The van der Waals surface area contributed by atoms with Gasteiger partial charge >= 0.3 is 25.2 Å². The number of carbonyl (C=O) groups is 6. The van der Waals surface area contributed by atoms with Crippen molar-refractivity contribution in [1.29, 1.82) is 0 Å². The Kier molecular flexibility index (Phi) is 16.4. The Morgan fingerprint density at radius 1 is 0.931 bits per heavy atom. The van der Waals surface area contributed by atoms with Crippen LogP contribution in [0.1, 0.15) is 112 Å². The number of fused-ring (bicyclic) bond motifs is 1. The number of halogens is 2. The number of nitrogens with one attached hydrogen (secondary N) is 2. The maximum Gasteiger partial charge on any atom is 0.410 e. The van der Waals surface area contributed by atoms with Crippen LogP contribution >= 0.6 is 7.60 Å². The van der Waals surface area contributed by atoms with Gasteiger partial charge in [0, 0.05) is 30.6 Å². The number of carbonyl (C=O) groups excluding carboxylic acids is 6. The summed E-state index contributed by atoms with van der Waals surface area (Å²) in [6.07, 6.45) is 4.18. The quantitative estimate of drug-likeness (QED) is 0.0623. The third kappa shape index (κ3) is 12.9. The second-order valence-corrected chi connectivity index (χ2v) is 19.1. The second-order valence-electron chi connectivity index (χ2n) is 17.0. The molecule has 1 saturated carbocycles. The summed E-state index contributed by atoms with van der Waals surface area (Å²) in [5.74, 6) is -3.23. The molecule has 18 heteroatoms. The summed E-state index contributed by atoms with van der Waals surface area (Å²) in [5, 5.41) is 5.66. The van der Waals surface area contributed by atoms with E-state index in [-0.39, 0.29) is 36.1 Å². The lowest BCUT2D eigenvalue weighted by Gasteiger charge is -2.31. The van der Waals surface area contributed by atoms with Crippen LogP contribution in [0, 0.1) is 22.7 Å². The molecule has 324 valence electrons. The number of piperidine rings is 1. The third-order valence-corrected chi connectivity index (χ3v) is 11.6. The average Bonchev–Trinajstić information content (AvgIpc) is 3.79. The highest BCUT2D eigenvalue weighted by Gasteiger charge is 2.58. The van der Waals surface area contributed by atoms with E-state index in [1.54, 1.807) is 13.8 Å². The topological polar surface area (TPSA) is 210 Å². The fraction of sp³-hybridized carbons (Fsp3) is 0.650. The summed E-state index contributed by atoms with van der Waals surface area (Å²) in [7, 11) is -5.54. The first-order valence-electron chi connectivity index (χ1n) is 19.4. The number of esters is 2. The molecule has 0 unspecified atom stereocenters. The minimum absolute atomic E-state index is 0.0105. The van der Waals surface area contributed by atoms with E-state index in [1.807, 2.05) is 6.92 Å². The number of allylic oxidation sites excluding steroid dienone is 1. The Morgan fingerprint density at radius 2 is 1.48 bits per heavy atom. The van der Waals surface area contributed by atoms with E-state index in [1.165, 1.54) is 64.7 Å². The number of hydrogen-bond donors (Lipinski definition) is 3. The van der Waals surface area contributed by atoms with E-state index < -0.39 is 79.1 Å². The molecular weight excluding hydrogens is 781 g/mol. The Balaban J connectivity index is 1.76. The predicted octanol–water partition coefficient (Wildman–Crippen LogP) is 5.75. The highest BCUT2D eigenvalue weighted by Crippen LogP contribution is 2.67. The Morgan fingerprint density at radius 3 is 1.98 bits per heavy atom. The van der Waals surface area contributed by atoms with Gasteiger partial charge in [-0.15, -0.1) is 0 Å². The van der Waals surface area contributed by atoms with Gasteiger partial charge in [-0.3, -0.25) is 42.4 Å². The van der Waals surface area contributed by atoms with Gasteiger partial charge in [0.05, 0.1) is 10.8 Å². The summed E-state index contributed by atoms with van der Waals surface area (Å²) in [4.78, 5) is 77.7. The number of likely N-dealkylation sites (tertiary alicyclic amines) is 1. The second kappa shape index (κ2) is 19.7. The zero-order chi connectivity index (χ0) is 43.8. The minimum Gasteiger partial charge on any atom is -0.438 e. The molecule has 4 N–H and O–H groups in total. The van der Waals surface area contributed by atoms with Crippen LogP contribution in [0.4, 0.5) is 8.78 Å². The van der Waals surface area contributed by atoms with Crippen molar-refractivity contribution in [1.82, 2.24) is 15.5 Å². The third-order valence-electron chi connectivity index (χ3n) is 9.80. The molecular formula is C40H59F2N4O11P. The molecule has 3 rings (SSSR count). The van der Waals surface area contributed by atoms with E-state index in [2.05, 4.69) is 10.6 Å². The largest absolute Gasteiger partial charge is 0.438 e. The SMILES string of the molecule is CCCC[C@H](NC(=O)/C=C(\C)c1ccc(C(F)(F)P(=O)(OCOC(=O)C(C)(C)C)OCOC(=O)C(C)(C)C)cc1)C(=O)N1C[C@@H]2C[C@@H]2[C@H]1C(=O)N[C@H](C)CCC(N)=O. The predicted molar refractivity (Wildman–Crippen MR) is 209 cm³/mol. The number of benzene rings is 1. The molecule has 1 saturated heterocycles. The van der Waals surface area contributed by atoms with Crippen molar-refractivity contribution >= 4 is 48.7 Å². The van der Waals surface area contributed by atoms with Crippen molar-refractivity contribution in [2.75, 3.05) is 20.1 Å². The molecule has 0 spiro atoms. The van der Waals surface area contributed by atoms with E-state index in [4.69, 9.17) is 24.3 Å². The van der Waals surface area contributed by atoms with Crippen LogP contribution in [0.3, 0.4) is 0 Å². The minimum atomic E-state index is -5.54. The number of hydrogen-bond acceptors (Lipinski definition) is 11. The van der Waals surface area contributed by atoms with Crippen molar-refractivity contribution < 1.29 is 60.6 Å². The van der Waals surface area contributed by atoms with Gasteiger partial charge in [-0.05, 0) is 97.6 Å². The molecule has 2 fully saturated rings. The number of unbranched alkanes of at least 4 members (excludes halogenated alkanes) is 1. The summed E-state index contributed by atoms with van der Waals surface area (Å²) in [6, 6.07) is 2.46. The highest BCUT2D eigenvalue weighted by molar-refractivity contribution is 7.54. The van der Waals surface area contributed by atoms with Crippen molar-refractivity contribution in [3.8, 4) is 0 Å². The van der Waals surface area contributed by atoms with Gasteiger partial charge in [0.25, 0.3) is 0 Å². The Hall–Kier alpha value is -4.21. The average molecular weight is 841 g/mol. The smallest absolute Gasteiger partial charge is 0.410 e. The van der Waals surface area contributed by atoms with Crippen LogP contribution in [-0.4, -0.2) is 78.7 Å². The summed E-state index contributed by atoms with van der Waals surface area (Å²) < 4.78 is 65.2. The van der Waals surface area contributed by atoms with Crippen molar-refractivity contribution in [2.24, 2.45) is 28.4 Å². The number of rotatable bonds is 20. The first-order chi connectivity index (χ1) is 26.8. The fourth-order valence-corrected chi connectivity index (χ4v) is 7.42. The number of ether oxygens (including phenoxy) is 2. The standard InChI is InChI=1S/C40H59F2N4O11P/c1-10-11-12-30(35(50)46-21-27-20-29(27)33(46)34(49)44-25(3)13-18-31(43)47)45-32(48)19-24(2)26-14-16-28(17-15-26)40(41,42)58(53,56-22-54-36(51)38(4,5)6)57-23-55-37(52)39(7,8)9/h14-17,19,25,27,29-30,33H,10-13,18,20-23H2,1-9H3,(H2,43,47)(H,44,49)(H,45,48)/b24-19+/t25-,27+,29+,30+,33+/m1/s1. The van der Waals surface area contributed by atoms with Gasteiger partial charge in [-0.2, -0.15) is 8.78 Å². The number of nitrogens with zero attached hydrogens (tertiary/aromatic N) is 1. The molecule has 4 amide bonds. The summed E-state index contributed by atoms with van der Waals surface area (Å²) in [6.45, 7) is 12.5. The Labute approximate surface area is 339 Å². The molecule has 1 aliphatic heterocycles. The molecule has 0 aromatic heterocycles. The number of alkyl halides is 2. The zero-order valence-corrected chi connectivity index (χ0v) is 35.8. The van der Waals surface area contributed by atoms with Crippen molar-refractivity contribution in [2.45, 2.75) is 125 Å². The molecule has 1 aromatic rings. The van der Waals surface area contributed by atoms with E-state index >= 15 is 8.78 Å². The highest BCUT2D eigenvalue weighted by atomic mass is 31.2. The molecule has 5 atom stereocenters. The van der Waals surface area contributed by atoms with Gasteiger partial charge < -0.3 is 30.7 Å². The van der Waals surface area contributed by atoms with Gasteiger partial charge in [0.15, 0.2) is 0 Å². The maximum absolute atomic E-state index is 16.0. The van der Waals surface area contributed by atoms with Gasteiger partial charge in [0.1, 0.15) is 12.1 Å². The molecule has 2 aliphatic rings. The first-order valence-corrected chi connectivity index (χ1v) is 21.0. The molecule has 1 aromatic carbocycles. The van der Waals surface area contributed by atoms with Crippen molar-refractivity contribution in [3.63, 3.8) is 0 Å². The van der Waals surface area contributed by atoms with Gasteiger partial charge in [-0.25, -0.2) is 0 Å². The molecule has 0 radical (unpaired) electrons. The summed E-state index contributed by atoms with van der Waals surface area (Å²) >= 11 is 0. The van der Waals surface area contributed by atoms with Crippen LogP contribution in [0.2, 0.25) is 0 Å². The lowest BCUT2D eigenvalue weighted by Crippen LogP contribution is -2.55. The Bertz CT molecular complexity index is 1720.